The van der Waals surface area contributed by atoms with E-state index in [1.165, 1.54) is 29.9 Å². The fraction of sp³-hybridized carbons (Fsp3) is 0.500. The topological polar surface area (TPSA) is 58.1 Å². The molecule has 1 saturated heterocycles. The highest BCUT2D eigenvalue weighted by molar-refractivity contribution is 7.08. The van der Waals surface area contributed by atoms with E-state index in [0.717, 1.165) is 38.3 Å². The summed E-state index contributed by atoms with van der Waals surface area (Å²) in [5.41, 5.74) is 2.15. The van der Waals surface area contributed by atoms with Crippen molar-refractivity contribution in [3.05, 3.63) is 46.5 Å². The molecule has 0 saturated carbocycles. The van der Waals surface area contributed by atoms with Crippen LogP contribution < -0.4 is 5.32 Å². The van der Waals surface area contributed by atoms with E-state index in [0.29, 0.717) is 10.8 Å². The van der Waals surface area contributed by atoms with Crippen LogP contribution in [0.5, 0.6) is 0 Å². The van der Waals surface area contributed by atoms with Crippen LogP contribution in [-0.4, -0.2) is 40.0 Å². The number of nitrogens with one attached hydrogen (secondary N) is 1. The summed E-state index contributed by atoms with van der Waals surface area (Å²) in [5, 5.41) is 7.09. The molecule has 0 radical (unpaired) electrons. The van der Waals surface area contributed by atoms with Crippen molar-refractivity contribution < 1.29 is 4.79 Å². The van der Waals surface area contributed by atoms with Crippen LogP contribution in [0.25, 0.3) is 0 Å². The molecule has 0 unspecified atom stereocenters. The van der Waals surface area contributed by atoms with Gasteiger partial charge in [0.25, 0.3) is 5.91 Å². The highest BCUT2D eigenvalue weighted by Crippen LogP contribution is 2.18. The Bertz CT molecular complexity index is 658. The Kier molecular flexibility index (Phi) is 5.93. The van der Waals surface area contributed by atoms with Gasteiger partial charge in [-0.2, -0.15) is 0 Å². The summed E-state index contributed by atoms with van der Waals surface area (Å²) in [4.78, 5) is 15.5. The normalized spacial score (nSPS) is 18.5. The number of benzene rings is 1. The van der Waals surface area contributed by atoms with Gasteiger partial charge in [-0.3, -0.25) is 9.69 Å². The molecule has 1 aromatic carbocycles. The molecule has 0 bridgehead atoms. The number of carbonyl (C=O) groups is 1. The van der Waals surface area contributed by atoms with Crippen LogP contribution in [0.1, 0.15) is 40.7 Å². The molecule has 3 rings (SSSR count). The zero-order valence-corrected chi connectivity index (χ0v) is 14.9. The number of hydrogen-bond donors (Lipinski definition) is 1. The Balaban J connectivity index is 1.49. The van der Waals surface area contributed by atoms with Crippen LogP contribution >= 0.6 is 11.5 Å². The van der Waals surface area contributed by atoms with Crippen LogP contribution in [-0.2, 0) is 13.0 Å². The Morgan fingerprint density at radius 3 is 3.00 bits per heavy atom. The van der Waals surface area contributed by atoms with Gasteiger partial charge in [0.2, 0.25) is 0 Å². The first-order chi connectivity index (χ1) is 11.8. The number of aryl methyl sites for hydroxylation is 1. The summed E-state index contributed by atoms with van der Waals surface area (Å²) in [5.74, 6) is 0.486. The number of aromatic nitrogens is 2. The molecule has 1 atom stereocenters. The highest BCUT2D eigenvalue weighted by atomic mass is 32.1. The largest absolute Gasteiger partial charge is 0.351 e. The van der Waals surface area contributed by atoms with Crippen LogP contribution in [0.15, 0.2) is 30.3 Å². The number of hydrogen-bond acceptors (Lipinski definition) is 5. The molecule has 0 aliphatic carbocycles. The number of amides is 1. The lowest BCUT2D eigenvalue weighted by Crippen LogP contribution is -2.40. The van der Waals surface area contributed by atoms with Gasteiger partial charge in [0.1, 0.15) is 4.88 Å². The summed E-state index contributed by atoms with van der Waals surface area (Å²) in [7, 11) is 0. The predicted octanol–water partition coefficient (Wildman–Crippen LogP) is 2.74. The van der Waals surface area contributed by atoms with Gasteiger partial charge in [-0.1, -0.05) is 41.7 Å². The molecule has 1 fully saturated rings. The third kappa shape index (κ3) is 4.39. The van der Waals surface area contributed by atoms with Crippen LogP contribution in [0.3, 0.4) is 0 Å². The van der Waals surface area contributed by atoms with E-state index in [9.17, 15) is 4.79 Å². The van der Waals surface area contributed by atoms with E-state index in [4.69, 9.17) is 0 Å². The van der Waals surface area contributed by atoms with Crippen molar-refractivity contribution in [2.75, 3.05) is 19.6 Å². The maximum absolute atomic E-state index is 12.3. The van der Waals surface area contributed by atoms with Crippen molar-refractivity contribution in [1.82, 2.24) is 19.8 Å². The zero-order chi connectivity index (χ0) is 16.8. The summed E-state index contributed by atoms with van der Waals surface area (Å²) in [6.07, 6.45) is 3.11. The van der Waals surface area contributed by atoms with Gasteiger partial charge in [-0.25, -0.2) is 0 Å². The van der Waals surface area contributed by atoms with Crippen molar-refractivity contribution >= 4 is 17.4 Å². The lowest BCUT2D eigenvalue weighted by Gasteiger charge is -2.32. The smallest absolute Gasteiger partial charge is 0.264 e. The van der Waals surface area contributed by atoms with Gasteiger partial charge in [-0.05, 0) is 48.8 Å². The van der Waals surface area contributed by atoms with Crippen molar-refractivity contribution in [2.24, 2.45) is 5.92 Å². The first kappa shape index (κ1) is 17.0. The molecule has 1 aliphatic heterocycles. The fourth-order valence-electron chi connectivity index (χ4n) is 3.23. The Morgan fingerprint density at radius 1 is 1.38 bits per heavy atom. The maximum Gasteiger partial charge on any atom is 0.264 e. The number of rotatable bonds is 6. The van der Waals surface area contributed by atoms with Gasteiger partial charge < -0.3 is 5.32 Å². The molecule has 1 amide bonds. The van der Waals surface area contributed by atoms with Crippen molar-refractivity contribution in [2.45, 2.75) is 32.7 Å². The summed E-state index contributed by atoms with van der Waals surface area (Å²) in [6, 6.07) is 10.6. The molecule has 1 N–H and O–H groups in total. The molecule has 6 heteroatoms. The molecule has 5 nitrogen and oxygen atoms in total. The monoisotopic (exact) mass is 344 g/mol. The van der Waals surface area contributed by atoms with Gasteiger partial charge in [-0.15, -0.1) is 5.10 Å². The predicted molar refractivity (Wildman–Crippen MR) is 96.1 cm³/mol. The molecular weight excluding hydrogens is 320 g/mol. The Labute approximate surface area is 147 Å². The van der Waals surface area contributed by atoms with Crippen molar-refractivity contribution in [3.63, 3.8) is 0 Å². The molecule has 24 heavy (non-hydrogen) atoms. The second-order valence-electron chi connectivity index (χ2n) is 6.34. The quantitative estimate of drug-likeness (QED) is 0.875. The minimum atomic E-state index is -0.0259. The Hall–Kier alpha value is -1.79. The zero-order valence-electron chi connectivity index (χ0n) is 14.1. The number of nitrogens with zero attached hydrogens (tertiary/aromatic N) is 3. The van der Waals surface area contributed by atoms with E-state index in [1.54, 1.807) is 0 Å². The third-order valence-electron chi connectivity index (χ3n) is 4.50. The molecular formula is C18H24N4OS. The molecule has 128 valence electrons. The fourth-order valence-corrected chi connectivity index (χ4v) is 3.90. The first-order valence-electron chi connectivity index (χ1n) is 8.62. The van der Waals surface area contributed by atoms with E-state index in [2.05, 4.69) is 50.1 Å². The van der Waals surface area contributed by atoms with Crippen molar-refractivity contribution in [1.29, 1.82) is 0 Å². The van der Waals surface area contributed by atoms with E-state index >= 15 is 0 Å². The summed E-state index contributed by atoms with van der Waals surface area (Å²) >= 11 is 1.19. The van der Waals surface area contributed by atoms with Gasteiger partial charge in [0.15, 0.2) is 0 Å². The maximum atomic E-state index is 12.3. The average Bonchev–Trinajstić information content (AvgIpc) is 3.10. The van der Waals surface area contributed by atoms with E-state index in [-0.39, 0.29) is 5.91 Å². The number of carbonyl (C=O) groups excluding carboxylic acids is 1. The lowest BCUT2D eigenvalue weighted by molar-refractivity contribution is 0.0933. The molecule has 1 aromatic heterocycles. The second-order valence-corrected chi connectivity index (χ2v) is 7.10. The van der Waals surface area contributed by atoms with E-state index in [1.807, 2.05) is 6.92 Å². The average molecular weight is 344 g/mol. The summed E-state index contributed by atoms with van der Waals surface area (Å²) in [6.45, 7) is 5.89. The molecule has 2 aromatic rings. The van der Waals surface area contributed by atoms with Crippen LogP contribution in [0.2, 0.25) is 0 Å². The second kappa shape index (κ2) is 8.35. The first-order valence-corrected chi connectivity index (χ1v) is 9.39. The van der Waals surface area contributed by atoms with Gasteiger partial charge in [0, 0.05) is 19.6 Å². The SMILES string of the molecule is CCc1nnsc1C(=O)NC[C@H]1CCCN(Cc2ccccc2)C1. The number of likely N-dealkylation sites (tertiary alicyclic amines) is 1. The van der Waals surface area contributed by atoms with Gasteiger partial charge in [0.05, 0.1) is 5.69 Å². The third-order valence-corrected chi connectivity index (χ3v) is 5.27. The Morgan fingerprint density at radius 2 is 2.21 bits per heavy atom. The van der Waals surface area contributed by atoms with E-state index < -0.39 is 0 Å². The number of piperidine rings is 1. The summed E-state index contributed by atoms with van der Waals surface area (Å²) < 4.78 is 3.89. The lowest BCUT2D eigenvalue weighted by atomic mass is 9.97. The minimum absolute atomic E-state index is 0.0259. The highest BCUT2D eigenvalue weighted by Gasteiger charge is 2.22. The van der Waals surface area contributed by atoms with Crippen molar-refractivity contribution in [3.8, 4) is 0 Å². The van der Waals surface area contributed by atoms with Crippen LogP contribution in [0, 0.1) is 5.92 Å². The molecule has 0 spiro atoms. The molecule has 2 heterocycles. The van der Waals surface area contributed by atoms with Crippen LogP contribution in [0.4, 0.5) is 0 Å². The minimum Gasteiger partial charge on any atom is -0.351 e. The molecule has 1 aliphatic rings. The standard InChI is InChI=1S/C18H24N4OS/c1-2-16-17(24-21-20-16)18(23)19-11-15-9-6-10-22(13-15)12-14-7-4-3-5-8-14/h3-5,7-8,15H,2,6,9-13H2,1H3,(H,19,23)/t15-/m1/s1. The van der Waals surface area contributed by atoms with Gasteiger partial charge >= 0.3 is 0 Å².